The second kappa shape index (κ2) is 9.36. The van der Waals surface area contributed by atoms with Gasteiger partial charge >= 0.3 is 0 Å². The number of benzene rings is 2. The average Bonchev–Trinajstić information content (AvgIpc) is 2.56. The van der Waals surface area contributed by atoms with Crippen molar-refractivity contribution in [3.05, 3.63) is 52.0 Å². The molecular weight excluding hydrogens is 342 g/mol. The summed E-state index contributed by atoms with van der Waals surface area (Å²) in [6.45, 7) is 6.67. The maximum absolute atomic E-state index is 5.45. The highest BCUT2D eigenvalue weighted by Crippen LogP contribution is 2.31. The van der Waals surface area contributed by atoms with Crippen molar-refractivity contribution in [1.82, 2.24) is 0 Å². The van der Waals surface area contributed by atoms with Crippen molar-refractivity contribution in [1.29, 1.82) is 0 Å². The monoisotopic (exact) mass is 365 g/mol. The molecule has 0 bridgehead atoms. The van der Waals surface area contributed by atoms with E-state index in [1.807, 2.05) is 57.2 Å². The van der Waals surface area contributed by atoms with Crippen LogP contribution in [0.2, 0.25) is 0 Å². The molecule has 3 nitrogen and oxygen atoms in total. The van der Waals surface area contributed by atoms with Crippen molar-refractivity contribution in [3.63, 3.8) is 0 Å². The lowest BCUT2D eigenvalue weighted by Gasteiger charge is -2.15. The summed E-state index contributed by atoms with van der Waals surface area (Å²) in [5.74, 6) is 1.68. The van der Waals surface area contributed by atoms with Crippen LogP contribution in [-0.4, -0.2) is 14.2 Å². The van der Waals surface area contributed by atoms with Crippen LogP contribution < -0.4 is 14.8 Å². The minimum atomic E-state index is 0.647. The summed E-state index contributed by atoms with van der Waals surface area (Å²) in [7, 11) is 3.36. The molecule has 4 heteroatoms. The largest absolute Gasteiger partial charge is 0.496 e. The number of halogens is 1. The van der Waals surface area contributed by atoms with Gasteiger partial charge in [0.1, 0.15) is 11.5 Å². The number of hydrogen-bond acceptors (Lipinski definition) is 3. The first-order valence-corrected chi connectivity index (χ1v) is 8.14. The molecule has 0 spiro atoms. The van der Waals surface area contributed by atoms with Crippen LogP contribution in [0.3, 0.4) is 0 Å². The fourth-order valence-electron chi connectivity index (χ4n) is 2.05. The van der Waals surface area contributed by atoms with Gasteiger partial charge < -0.3 is 14.8 Å². The van der Waals surface area contributed by atoms with E-state index in [1.54, 1.807) is 14.2 Å². The molecule has 0 saturated heterocycles. The lowest BCUT2D eigenvalue weighted by atomic mass is 10.1. The Hall–Kier alpha value is -1.68. The Bertz CT molecular complexity index is 557. The van der Waals surface area contributed by atoms with E-state index in [0.29, 0.717) is 6.54 Å². The van der Waals surface area contributed by atoms with Gasteiger partial charge in [0.05, 0.1) is 19.8 Å². The SMILES string of the molecule is CC.COc1cc(C)cc(OC)c1CNc1ccc(Br)cc1. The lowest BCUT2D eigenvalue weighted by Crippen LogP contribution is -2.04. The molecule has 0 aliphatic rings. The van der Waals surface area contributed by atoms with Crippen LogP contribution in [0.1, 0.15) is 25.0 Å². The highest BCUT2D eigenvalue weighted by molar-refractivity contribution is 9.10. The summed E-state index contributed by atoms with van der Waals surface area (Å²) in [5, 5.41) is 3.38. The van der Waals surface area contributed by atoms with Gasteiger partial charge in [0, 0.05) is 16.7 Å². The molecular formula is C18H24BrNO2. The number of aryl methyl sites for hydroxylation is 1. The number of hydrogen-bond donors (Lipinski definition) is 1. The van der Waals surface area contributed by atoms with Crippen molar-refractivity contribution >= 4 is 21.6 Å². The van der Waals surface area contributed by atoms with Crippen LogP contribution in [0.5, 0.6) is 11.5 Å². The standard InChI is InChI=1S/C16H18BrNO2.C2H6/c1-11-8-15(19-2)14(16(9-11)20-3)10-18-13-6-4-12(17)5-7-13;1-2/h4-9,18H,10H2,1-3H3;1-2H3. The van der Waals surface area contributed by atoms with Crippen molar-refractivity contribution in [2.24, 2.45) is 0 Å². The number of rotatable bonds is 5. The van der Waals surface area contributed by atoms with E-state index >= 15 is 0 Å². The zero-order valence-electron chi connectivity index (χ0n) is 13.9. The quantitative estimate of drug-likeness (QED) is 0.767. The van der Waals surface area contributed by atoms with E-state index in [1.165, 1.54) is 0 Å². The van der Waals surface area contributed by atoms with E-state index in [-0.39, 0.29) is 0 Å². The summed E-state index contributed by atoms with van der Waals surface area (Å²) >= 11 is 3.43. The minimum Gasteiger partial charge on any atom is -0.496 e. The van der Waals surface area contributed by atoms with Crippen molar-refractivity contribution in [3.8, 4) is 11.5 Å². The Morgan fingerprint density at radius 2 is 1.45 bits per heavy atom. The normalized spacial score (nSPS) is 9.55. The topological polar surface area (TPSA) is 30.5 Å². The van der Waals surface area contributed by atoms with Gasteiger partial charge in [-0.3, -0.25) is 0 Å². The molecule has 0 atom stereocenters. The van der Waals surface area contributed by atoms with Gasteiger partial charge in [-0.05, 0) is 48.9 Å². The van der Waals surface area contributed by atoms with Crippen LogP contribution in [0, 0.1) is 6.92 Å². The third-order valence-corrected chi connectivity index (χ3v) is 3.59. The van der Waals surface area contributed by atoms with Gasteiger partial charge in [-0.25, -0.2) is 0 Å². The van der Waals surface area contributed by atoms with Gasteiger partial charge in [-0.15, -0.1) is 0 Å². The van der Waals surface area contributed by atoms with Crippen LogP contribution >= 0.6 is 15.9 Å². The highest BCUT2D eigenvalue weighted by atomic mass is 79.9. The molecule has 1 N–H and O–H groups in total. The molecule has 2 rings (SSSR count). The van der Waals surface area contributed by atoms with E-state index < -0.39 is 0 Å². The molecule has 120 valence electrons. The van der Waals surface area contributed by atoms with Crippen LogP contribution in [0.15, 0.2) is 40.9 Å². The predicted molar refractivity (Wildman–Crippen MR) is 97.1 cm³/mol. The van der Waals surface area contributed by atoms with Crippen molar-refractivity contribution in [2.45, 2.75) is 27.3 Å². The van der Waals surface area contributed by atoms with Crippen LogP contribution in [-0.2, 0) is 6.54 Å². The molecule has 0 amide bonds. The van der Waals surface area contributed by atoms with Crippen LogP contribution in [0.25, 0.3) is 0 Å². The van der Waals surface area contributed by atoms with E-state index in [9.17, 15) is 0 Å². The summed E-state index contributed by atoms with van der Waals surface area (Å²) in [6, 6.07) is 12.1. The minimum absolute atomic E-state index is 0.647. The summed E-state index contributed by atoms with van der Waals surface area (Å²) < 4.78 is 12.0. The smallest absolute Gasteiger partial charge is 0.127 e. The maximum Gasteiger partial charge on any atom is 0.127 e. The molecule has 0 aromatic heterocycles. The first kappa shape index (κ1) is 18.4. The number of methoxy groups -OCH3 is 2. The predicted octanol–water partition coefficient (Wildman–Crippen LogP) is 5.41. The first-order valence-electron chi connectivity index (χ1n) is 7.35. The highest BCUT2D eigenvalue weighted by Gasteiger charge is 2.11. The molecule has 0 aliphatic carbocycles. The average molecular weight is 366 g/mol. The molecule has 2 aromatic rings. The fraction of sp³-hybridized carbons (Fsp3) is 0.333. The Balaban J connectivity index is 0.00000116. The fourth-order valence-corrected chi connectivity index (χ4v) is 2.31. The van der Waals surface area contributed by atoms with Crippen LogP contribution in [0.4, 0.5) is 5.69 Å². The number of nitrogens with one attached hydrogen (secondary N) is 1. The second-order valence-electron chi connectivity index (χ2n) is 4.51. The Labute approximate surface area is 141 Å². The van der Waals surface area contributed by atoms with Crippen molar-refractivity contribution < 1.29 is 9.47 Å². The van der Waals surface area contributed by atoms with Gasteiger partial charge in [-0.1, -0.05) is 29.8 Å². The first-order chi connectivity index (χ1) is 10.6. The second-order valence-corrected chi connectivity index (χ2v) is 5.42. The van der Waals surface area contributed by atoms with Gasteiger partial charge in [0.15, 0.2) is 0 Å². The van der Waals surface area contributed by atoms with Gasteiger partial charge in [0.2, 0.25) is 0 Å². The molecule has 0 unspecified atom stereocenters. The number of ether oxygens (including phenoxy) is 2. The lowest BCUT2D eigenvalue weighted by molar-refractivity contribution is 0.386. The molecule has 0 fully saturated rings. The molecule has 0 radical (unpaired) electrons. The Kier molecular flexibility index (Phi) is 7.82. The van der Waals surface area contributed by atoms with Gasteiger partial charge in [0.25, 0.3) is 0 Å². The zero-order valence-corrected chi connectivity index (χ0v) is 15.5. The maximum atomic E-state index is 5.45. The van der Waals surface area contributed by atoms with E-state index in [0.717, 1.165) is 32.8 Å². The summed E-state index contributed by atoms with van der Waals surface area (Å²) in [6.07, 6.45) is 0. The van der Waals surface area contributed by atoms with Gasteiger partial charge in [-0.2, -0.15) is 0 Å². The molecule has 2 aromatic carbocycles. The van der Waals surface area contributed by atoms with Crippen molar-refractivity contribution in [2.75, 3.05) is 19.5 Å². The zero-order chi connectivity index (χ0) is 16.5. The summed E-state index contributed by atoms with van der Waals surface area (Å²) in [5.41, 5.74) is 3.19. The Morgan fingerprint density at radius 1 is 0.955 bits per heavy atom. The third-order valence-electron chi connectivity index (χ3n) is 3.07. The molecule has 22 heavy (non-hydrogen) atoms. The Morgan fingerprint density at radius 3 is 1.91 bits per heavy atom. The third kappa shape index (κ3) is 4.95. The molecule has 0 saturated carbocycles. The summed E-state index contributed by atoms with van der Waals surface area (Å²) in [4.78, 5) is 0. The van der Waals surface area contributed by atoms with E-state index in [2.05, 4.69) is 21.2 Å². The van der Waals surface area contributed by atoms with E-state index in [4.69, 9.17) is 9.47 Å². The molecule has 0 aliphatic heterocycles. The number of anilines is 1. The molecule has 0 heterocycles.